The van der Waals surface area contributed by atoms with Gasteiger partial charge in [-0.1, -0.05) is 32.6 Å². The first-order chi connectivity index (χ1) is 10.0. The zero-order valence-corrected chi connectivity index (χ0v) is 13.4. The van der Waals surface area contributed by atoms with E-state index in [9.17, 15) is 9.59 Å². The van der Waals surface area contributed by atoms with Crippen LogP contribution in [0.4, 0.5) is 0 Å². The number of carbonyl (C=O) groups is 2. The molecule has 0 aromatic heterocycles. The van der Waals surface area contributed by atoms with Crippen LogP contribution in [0.25, 0.3) is 0 Å². The second-order valence-corrected chi connectivity index (χ2v) is 7.44. The van der Waals surface area contributed by atoms with Crippen molar-refractivity contribution in [1.82, 2.24) is 10.2 Å². The molecular weight excluding hydrogens is 264 g/mol. The number of piperazine rings is 1. The Kier molecular flexibility index (Phi) is 3.74. The highest BCUT2D eigenvalue weighted by atomic mass is 16.2. The van der Waals surface area contributed by atoms with E-state index in [1.54, 1.807) is 0 Å². The lowest BCUT2D eigenvalue weighted by Gasteiger charge is -2.50. The summed E-state index contributed by atoms with van der Waals surface area (Å²) in [7, 11) is 0. The van der Waals surface area contributed by atoms with Gasteiger partial charge in [-0.25, -0.2) is 0 Å². The van der Waals surface area contributed by atoms with Gasteiger partial charge in [0.05, 0.1) is 0 Å². The van der Waals surface area contributed by atoms with E-state index in [2.05, 4.69) is 5.32 Å². The summed E-state index contributed by atoms with van der Waals surface area (Å²) in [5, 5.41) is 3.11. The fraction of sp³-hybridized carbons (Fsp3) is 0.882. The quantitative estimate of drug-likeness (QED) is 0.869. The molecule has 1 aliphatic heterocycles. The zero-order valence-electron chi connectivity index (χ0n) is 13.4. The number of nitrogens with one attached hydrogen (secondary N) is 1. The molecule has 1 N–H and O–H groups in total. The largest absolute Gasteiger partial charge is 0.340 e. The molecular formula is C17H28N2O2. The van der Waals surface area contributed by atoms with E-state index >= 15 is 0 Å². The second-order valence-electron chi connectivity index (χ2n) is 7.44. The Labute approximate surface area is 127 Å². The molecule has 2 aliphatic carbocycles. The normalized spacial score (nSPS) is 33.0. The molecule has 3 rings (SSSR count). The molecule has 4 nitrogen and oxygen atoms in total. The molecule has 3 aliphatic rings. The summed E-state index contributed by atoms with van der Waals surface area (Å²) in [5.74, 6) is 0.838. The molecule has 0 bridgehead atoms. The molecule has 0 radical (unpaired) electrons. The maximum Gasteiger partial charge on any atom is 0.249 e. The number of nitrogens with zero attached hydrogens (tertiary/aromatic N) is 1. The van der Waals surface area contributed by atoms with Gasteiger partial charge in [0.25, 0.3) is 0 Å². The highest BCUT2D eigenvalue weighted by Gasteiger charge is 2.56. The molecule has 1 saturated heterocycles. The Morgan fingerprint density at radius 1 is 1.14 bits per heavy atom. The summed E-state index contributed by atoms with van der Waals surface area (Å²) in [6.45, 7) is 4.73. The van der Waals surface area contributed by atoms with Crippen LogP contribution < -0.4 is 5.32 Å². The summed E-state index contributed by atoms with van der Waals surface area (Å²) < 4.78 is 0. The van der Waals surface area contributed by atoms with Gasteiger partial charge in [0.15, 0.2) is 0 Å². The summed E-state index contributed by atoms with van der Waals surface area (Å²) in [5.41, 5.74) is -1.24. The standard InChI is InChI=1S/C17H28N2O2/c1-3-16(2)14(20)18-17(10-6-7-11-17)15(21)19(16)12-13-8-4-5-9-13/h13H,3-12H2,1-2H3,(H,18,20). The van der Waals surface area contributed by atoms with E-state index in [1.165, 1.54) is 25.7 Å². The third kappa shape index (κ3) is 2.27. The van der Waals surface area contributed by atoms with Gasteiger partial charge in [0.1, 0.15) is 11.1 Å². The average Bonchev–Trinajstić information content (AvgIpc) is 3.14. The van der Waals surface area contributed by atoms with Crippen LogP contribution in [0.5, 0.6) is 0 Å². The minimum absolute atomic E-state index is 0.0597. The first-order valence-electron chi connectivity index (χ1n) is 8.66. The van der Waals surface area contributed by atoms with Crippen molar-refractivity contribution >= 4 is 11.8 Å². The smallest absolute Gasteiger partial charge is 0.249 e. The van der Waals surface area contributed by atoms with Crippen LogP contribution in [0.1, 0.15) is 71.6 Å². The third-order valence-corrected chi connectivity index (χ3v) is 6.15. The van der Waals surface area contributed by atoms with Crippen molar-refractivity contribution in [3.8, 4) is 0 Å². The van der Waals surface area contributed by atoms with Crippen molar-refractivity contribution < 1.29 is 9.59 Å². The van der Waals surface area contributed by atoms with Crippen LogP contribution in [-0.4, -0.2) is 34.3 Å². The average molecular weight is 292 g/mol. The van der Waals surface area contributed by atoms with Gasteiger partial charge in [-0.2, -0.15) is 0 Å². The second kappa shape index (κ2) is 5.29. The Morgan fingerprint density at radius 3 is 2.33 bits per heavy atom. The first-order valence-corrected chi connectivity index (χ1v) is 8.66. The van der Waals surface area contributed by atoms with Gasteiger partial charge in [-0.05, 0) is 44.9 Å². The van der Waals surface area contributed by atoms with Crippen molar-refractivity contribution in [3.05, 3.63) is 0 Å². The Hall–Kier alpha value is -1.06. The van der Waals surface area contributed by atoms with E-state index in [-0.39, 0.29) is 11.8 Å². The van der Waals surface area contributed by atoms with Crippen LogP contribution in [0.15, 0.2) is 0 Å². The summed E-state index contributed by atoms with van der Waals surface area (Å²) in [4.78, 5) is 27.9. The highest BCUT2D eigenvalue weighted by Crippen LogP contribution is 2.40. The van der Waals surface area contributed by atoms with Crippen LogP contribution >= 0.6 is 0 Å². The van der Waals surface area contributed by atoms with Gasteiger partial charge < -0.3 is 10.2 Å². The fourth-order valence-electron chi connectivity index (χ4n) is 4.41. The molecule has 3 fully saturated rings. The van der Waals surface area contributed by atoms with E-state index < -0.39 is 11.1 Å². The summed E-state index contributed by atoms with van der Waals surface area (Å²) in [6.07, 6.45) is 9.37. The lowest BCUT2D eigenvalue weighted by Crippen LogP contribution is -2.74. The molecule has 118 valence electrons. The van der Waals surface area contributed by atoms with Crippen molar-refractivity contribution in [2.75, 3.05) is 6.54 Å². The molecule has 1 atom stereocenters. The monoisotopic (exact) mass is 292 g/mol. The number of carbonyl (C=O) groups excluding carboxylic acids is 2. The Morgan fingerprint density at radius 2 is 1.76 bits per heavy atom. The van der Waals surface area contributed by atoms with Crippen LogP contribution in [0, 0.1) is 5.92 Å². The summed E-state index contributed by atoms with van der Waals surface area (Å²) in [6, 6.07) is 0. The Balaban J connectivity index is 1.89. The summed E-state index contributed by atoms with van der Waals surface area (Å²) >= 11 is 0. The number of hydrogen-bond acceptors (Lipinski definition) is 2. The number of hydrogen-bond donors (Lipinski definition) is 1. The minimum atomic E-state index is -0.659. The molecule has 0 aromatic carbocycles. The topological polar surface area (TPSA) is 49.4 Å². The van der Waals surface area contributed by atoms with Crippen molar-refractivity contribution in [2.45, 2.75) is 82.7 Å². The first kappa shape index (κ1) is 14.9. The van der Waals surface area contributed by atoms with Crippen molar-refractivity contribution in [1.29, 1.82) is 0 Å². The molecule has 0 aromatic rings. The van der Waals surface area contributed by atoms with E-state index in [4.69, 9.17) is 0 Å². The van der Waals surface area contributed by atoms with Crippen molar-refractivity contribution in [3.63, 3.8) is 0 Å². The van der Waals surface area contributed by atoms with Crippen molar-refractivity contribution in [2.24, 2.45) is 5.92 Å². The zero-order chi connectivity index (χ0) is 15.1. The molecule has 2 amide bonds. The molecule has 1 heterocycles. The van der Waals surface area contributed by atoms with Gasteiger partial charge in [-0.3, -0.25) is 9.59 Å². The van der Waals surface area contributed by atoms with Crippen LogP contribution in [-0.2, 0) is 9.59 Å². The van der Waals surface area contributed by atoms with Gasteiger partial charge >= 0.3 is 0 Å². The van der Waals surface area contributed by atoms with E-state index in [1.807, 2.05) is 18.7 Å². The number of amides is 2. The minimum Gasteiger partial charge on any atom is -0.340 e. The lowest BCUT2D eigenvalue weighted by molar-refractivity contribution is -0.163. The number of rotatable bonds is 3. The Bertz CT molecular complexity index is 436. The third-order valence-electron chi connectivity index (χ3n) is 6.15. The predicted molar refractivity (Wildman–Crippen MR) is 81.7 cm³/mol. The molecule has 2 saturated carbocycles. The van der Waals surface area contributed by atoms with Crippen LogP contribution in [0.3, 0.4) is 0 Å². The van der Waals surface area contributed by atoms with Gasteiger partial charge in [0.2, 0.25) is 11.8 Å². The fourth-order valence-corrected chi connectivity index (χ4v) is 4.41. The van der Waals surface area contributed by atoms with Gasteiger partial charge in [0, 0.05) is 6.54 Å². The maximum absolute atomic E-state index is 13.2. The van der Waals surface area contributed by atoms with E-state index in [0.717, 1.165) is 32.2 Å². The van der Waals surface area contributed by atoms with Crippen LogP contribution in [0.2, 0.25) is 0 Å². The maximum atomic E-state index is 13.2. The van der Waals surface area contributed by atoms with Gasteiger partial charge in [-0.15, -0.1) is 0 Å². The predicted octanol–water partition coefficient (Wildman–Crippen LogP) is 2.62. The molecule has 21 heavy (non-hydrogen) atoms. The van der Waals surface area contributed by atoms with E-state index in [0.29, 0.717) is 12.3 Å². The molecule has 1 unspecified atom stereocenters. The molecule has 1 spiro atoms. The SMILES string of the molecule is CCC1(C)C(=O)NC2(CCCC2)C(=O)N1CC1CCCC1. The lowest BCUT2D eigenvalue weighted by atomic mass is 9.82. The highest BCUT2D eigenvalue weighted by molar-refractivity contribution is 6.02. The molecule has 4 heteroatoms.